The van der Waals surface area contributed by atoms with Crippen LogP contribution in [0.1, 0.15) is 97.0 Å². The lowest BCUT2D eigenvalue weighted by Gasteiger charge is -2.34. The van der Waals surface area contributed by atoms with Crippen LogP contribution in [0.25, 0.3) is 0 Å². The van der Waals surface area contributed by atoms with Crippen molar-refractivity contribution in [2.24, 2.45) is 0 Å². The largest absolute Gasteiger partial charge is 0.458 e. The van der Waals surface area contributed by atoms with E-state index in [4.69, 9.17) is 4.74 Å². The van der Waals surface area contributed by atoms with Crippen molar-refractivity contribution in [3.05, 3.63) is 47.8 Å². The van der Waals surface area contributed by atoms with Gasteiger partial charge in [-0.15, -0.1) is 0 Å². The molecule has 302 valence electrons. The second-order valence-corrected chi connectivity index (χ2v) is 14.8. The van der Waals surface area contributed by atoms with Gasteiger partial charge in [0.25, 0.3) is 0 Å². The van der Waals surface area contributed by atoms with E-state index < -0.39 is 71.7 Å². The van der Waals surface area contributed by atoms with Crippen LogP contribution >= 0.6 is 0 Å². The van der Waals surface area contributed by atoms with E-state index in [1.165, 1.54) is 41.0 Å². The molecular weight excluding hydrogens is 711 g/mol. The zero-order valence-corrected chi connectivity index (χ0v) is 32.5. The van der Waals surface area contributed by atoms with Gasteiger partial charge in [0.15, 0.2) is 0 Å². The van der Waals surface area contributed by atoms with E-state index in [2.05, 4.69) is 16.0 Å². The van der Waals surface area contributed by atoms with Crippen molar-refractivity contribution >= 4 is 41.4 Å². The van der Waals surface area contributed by atoms with Gasteiger partial charge in [0, 0.05) is 39.5 Å². The number of unbranched alkanes of at least 4 members (excludes halogenated alkanes) is 2. The Bertz CT molecular complexity index is 1590. The summed E-state index contributed by atoms with van der Waals surface area (Å²) in [5.41, 5.74) is 0.419. The molecule has 0 spiro atoms. The third-order valence-corrected chi connectivity index (χ3v) is 10.4. The quantitative estimate of drug-likeness (QED) is 0.195. The molecule has 14 nitrogen and oxygen atoms in total. The lowest BCUT2D eigenvalue weighted by Crippen LogP contribution is -2.61. The molecule has 0 saturated carbocycles. The van der Waals surface area contributed by atoms with Gasteiger partial charge in [-0.05, 0) is 82.6 Å². The Morgan fingerprint density at radius 2 is 1.65 bits per heavy atom. The number of nitrogens with one attached hydrogen (secondary N) is 3. The van der Waals surface area contributed by atoms with Gasteiger partial charge in [0.2, 0.25) is 35.4 Å². The summed E-state index contributed by atoms with van der Waals surface area (Å²) in [4.78, 5) is 99.6. The minimum atomic E-state index is -1.49. The number of allylic oxidation sites excluding steroid dienone is 1. The van der Waals surface area contributed by atoms with E-state index in [1.54, 1.807) is 31.0 Å². The zero-order chi connectivity index (χ0) is 40.1. The fourth-order valence-corrected chi connectivity index (χ4v) is 7.35. The molecule has 0 unspecified atom stereocenters. The van der Waals surface area contributed by atoms with Gasteiger partial charge in [-0.3, -0.25) is 28.8 Å². The lowest BCUT2D eigenvalue weighted by atomic mass is 10.0. The van der Waals surface area contributed by atoms with E-state index in [0.29, 0.717) is 63.5 Å². The minimum absolute atomic E-state index is 0.114. The van der Waals surface area contributed by atoms with Crippen LogP contribution in [0.2, 0.25) is 0 Å². The SMILES string of the molecule is CCCC/C=C/C(=O)N[C@@H](Cc1cccc(F)c1)C(=O)N[C@@H]1C(=O)N2CCC[C@H]2C(=O)N(C)CCCCCC(=O)N[C@@H](C)C(=O)N2CCC[C@H]2C(=O)O[C@H]1C. The summed E-state index contributed by atoms with van der Waals surface area (Å²) < 4.78 is 20.1. The molecule has 0 aliphatic carbocycles. The van der Waals surface area contributed by atoms with Gasteiger partial charge in [0.05, 0.1) is 0 Å². The fraction of sp³-hybridized carbons (Fsp3) is 0.625. The minimum Gasteiger partial charge on any atom is -0.458 e. The van der Waals surface area contributed by atoms with Crippen LogP contribution in [0.15, 0.2) is 36.4 Å². The maximum Gasteiger partial charge on any atom is 0.329 e. The number of halogens is 1. The molecule has 6 amide bonds. The van der Waals surface area contributed by atoms with Crippen LogP contribution in [-0.2, 0) is 44.7 Å². The summed E-state index contributed by atoms with van der Waals surface area (Å²) in [6, 6.07) is 0.156. The number of hydrogen-bond acceptors (Lipinski definition) is 8. The number of likely N-dealkylation sites (N-methyl/N-ethyl adjacent to an activating group) is 1. The van der Waals surface area contributed by atoms with Gasteiger partial charge in [-0.1, -0.05) is 44.4 Å². The van der Waals surface area contributed by atoms with E-state index in [1.807, 2.05) is 6.92 Å². The Labute approximate surface area is 322 Å². The highest BCUT2D eigenvalue weighted by Crippen LogP contribution is 2.24. The second-order valence-electron chi connectivity index (χ2n) is 14.8. The van der Waals surface area contributed by atoms with Crippen molar-refractivity contribution in [3.8, 4) is 0 Å². The first-order chi connectivity index (χ1) is 26.3. The highest BCUT2D eigenvalue weighted by Gasteiger charge is 2.44. The maximum absolute atomic E-state index is 14.5. The third-order valence-electron chi connectivity index (χ3n) is 10.4. The van der Waals surface area contributed by atoms with Crippen molar-refractivity contribution in [1.29, 1.82) is 0 Å². The molecule has 1 aromatic rings. The smallest absolute Gasteiger partial charge is 0.329 e. The highest BCUT2D eigenvalue weighted by atomic mass is 19.1. The molecule has 3 N–H and O–H groups in total. The molecule has 0 aromatic heterocycles. The van der Waals surface area contributed by atoms with Crippen molar-refractivity contribution < 1.29 is 42.7 Å². The first-order valence-electron chi connectivity index (χ1n) is 19.7. The number of amides is 6. The zero-order valence-electron chi connectivity index (χ0n) is 32.5. The number of esters is 1. The summed E-state index contributed by atoms with van der Waals surface area (Å²) in [5.74, 6) is -4.28. The average Bonchev–Trinajstić information content (AvgIpc) is 3.85. The fourth-order valence-electron chi connectivity index (χ4n) is 7.35. The van der Waals surface area contributed by atoms with Crippen molar-refractivity contribution in [3.63, 3.8) is 0 Å². The monoisotopic (exact) mass is 768 g/mol. The summed E-state index contributed by atoms with van der Waals surface area (Å²) in [5, 5.41) is 8.12. The number of carbonyl (C=O) groups excluding carboxylic acids is 7. The van der Waals surface area contributed by atoms with Crippen LogP contribution in [0.4, 0.5) is 4.39 Å². The Kier molecular flexibility index (Phi) is 16.2. The number of benzene rings is 1. The molecule has 3 saturated heterocycles. The Balaban J connectivity index is 1.66. The number of carbonyl (C=O) groups is 7. The van der Waals surface area contributed by atoms with Crippen LogP contribution in [0.3, 0.4) is 0 Å². The van der Waals surface area contributed by atoms with Gasteiger partial charge in [0.1, 0.15) is 42.1 Å². The van der Waals surface area contributed by atoms with Gasteiger partial charge in [-0.25, -0.2) is 9.18 Å². The maximum atomic E-state index is 14.5. The third kappa shape index (κ3) is 12.1. The number of hydrogen-bond donors (Lipinski definition) is 3. The molecule has 4 rings (SSSR count). The summed E-state index contributed by atoms with van der Waals surface area (Å²) in [7, 11) is 1.66. The molecule has 55 heavy (non-hydrogen) atoms. The molecule has 1 aromatic carbocycles. The Morgan fingerprint density at radius 1 is 0.945 bits per heavy atom. The normalized spacial score (nSPS) is 25.6. The Hall–Kier alpha value is -4.82. The molecule has 0 radical (unpaired) electrons. The summed E-state index contributed by atoms with van der Waals surface area (Å²) in [6.45, 7) is 5.92. The van der Waals surface area contributed by atoms with Crippen LogP contribution < -0.4 is 16.0 Å². The lowest BCUT2D eigenvalue weighted by molar-refractivity contribution is -0.162. The molecule has 0 bridgehead atoms. The van der Waals surface area contributed by atoms with Crippen molar-refractivity contribution in [1.82, 2.24) is 30.7 Å². The number of ether oxygens (including phenoxy) is 1. The first kappa shape index (κ1) is 42.9. The molecule has 3 heterocycles. The molecule has 6 atom stereocenters. The Morgan fingerprint density at radius 3 is 2.36 bits per heavy atom. The van der Waals surface area contributed by atoms with Crippen molar-refractivity contribution in [2.75, 3.05) is 26.7 Å². The van der Waals surface area contributed by atoms with E-state index >= 15 is 0 Å². The first-order valence-corrected chi connectivity index (χ1v) is 19.7. The van der Waals surface area contributed by atoms with Gasteiger partial charge >= 0.3 is 5.97 Å². The van der Waals surface area contributed by atoms with E-state index in [-0.39, 0.29) is 37.7 Å². The predicted molar refractivity (Wildman–Crippen MR) is 201 cm³/mol. The van der Waals surface area contributed by atoms with Crippen LogP contribution in [0.5, 0.6) is 0 Å². The second kappa shape index (κ2) is 20.7. The summed E-state index contributed by atoms with van der Waals surface area (Å²) in [6.07, 6.45) is 7.87. The number of fused-ring (bicyclic) bond motifs is 2. The molecule has 15 heteroatoms. The van der Waals surface area contributed by atoms with E-state index in [9.17, 15) is 38.0 Å². The van der Waals surface area contributed by atoms with Gasteiger partial charge in [-0.2, -0.15) is 0 Å². The number of cyclic esters (lactones) is 1. The van der Waals surface area contributed by atoms with Crippen LogP contribution in [-0.4, -0.2) is 119 Å². The molecule has 3 fully saturated rings. The van der Waals surface area contributed by atoms with Gasteiger partial charge < -0.3 is 35.4 Å². The molecular formula is C40H57FN6O8. The predicted octanol–water partition coefficient (Wildman–Crippen LogP) is 2.54. The molecule has 3 aliphatic heterocycles. The summed E-state index contributed by atoms with van der Waals surface area (Å²) >= 11 is 0. The van der Waals surface area contributed by atoms with Crippen molar-refractivity contribution in [2.45, 2.75) is 134 Å². The average molecular weight is 769 g/mol. The highest BCUT2D eigenvalue weighted by molar-refractivity contribution is 5.97. The number of nitrogens with zero attached hydrogens (tertiary/aromatic N) is 3. The standard InChI is InChI=1S/C40H57FN6O8/c1-5-6-7-9-20-34(49)43-30(25-28-15-12-16-29(41)24-28)36(50)44-35-27(3)55-40(54)32-18-14-23-47(32)37(51)26(2)42-33(48)19-10-8-11-21-45(4)38(52)31-17-13-22-46(31)39(35)53/h9,12,15-16,20,24,26-27,30-32,35H,5-8,10-11,13-14,17-19,21-23,25H2,1-4H3,(H,42,48)(H,43,49)(H,44,50)/b20-9+/t26-,27-,30-,31-,32-,35-/m0/s1. The van der Waals surface area contributed by atoms with E-state index in [0.717, 1.165) is 12.8 Å². The molecule has 3 aliphatic rings. The number of rotatable bonds is 9. The van der Waals surface area contributed by atoms with Crippen LogP contribution in [0, 0.1) is 5.82 Å². The topological polar surface area (TPSA) is 175 Å².